The van der Waals surface area contributed by atoms with Crippen molar-refractivity contribution in [2.75, 3.05) is 0 Å². The molecule has 0 aliphatic carbocycles. The maximum atomic E-state index is 6.14. The van der Waals surface area contributed by atoms with Crippen molar-refractivity contribution in [1.29, 1.82) is 0 Å². The fourth-order valence-corrected chi connectivity index (χ4v) is 4.91. The summed E-state index contributed by atoms with van der Waals surface area (Å²) in [6.07, 6.45) is 8.53. The number of benzene rings is 2. The van der Waals surface area contributed by atoms with E-state index in [4.69, 9.17) is 47.6 Å². The molecule has 0 amide bonds. The lowest BCUT2D eigenvalue weighted by Gasteiger charge is -2.08. The maximum Gasteiger partial charge on any atom is 0.199 e. The van der Waals surface area contributed by atoms with Gasteiger partial charge in [0.25, 0.3) is 0 Å². The lowest BCUT2D eigenvalue weighted by molar-refractivity contribution is 0.580. The highest BCUT2D eigenvalue weighted by Gasteiger charge is 2.10. The van der Waals surface area contributed by atoms with Gasteiger partial charge in [0.05, 0.1) is 11.4 Å². The van der Waals surface area contributed by atoms with Crippen molar-refractivity contribution in [2.24, 2.45) is 0 Å². The lowest BCUT2D eigenvalue weighted by Crippen LogP contribution is -2.02. The number of hydrogen-bond donors (Lipinski definition) is 2. The van der Waals surface area contributed by atoms with Crippen molar-refractivity contribution in [2.45, 2.75) is 51.4 Å². The Kier molecular flexibility index (Phi) is 8.72. The summed E-state index contributed by atoms with van der Waals surface area (Å²) in [5.74, 6) is 1.88. The summed E-state index contributed by atoms with van der Waals surface area (Å²) in [5, 5.41) is 16.0. The van der Waals surface area contributed by atoms with Gasteiger partial charge in [-0.05, 0) is 73.7 Å². The highest BCUT2D eigenvalue weighted by molar-refractivity contribution is 7.71. The topological polar surface area (TPSA) is 67.2 Å². The fourth-order valence-electron chi connectivity index (χ4n) is 4.03. The monoisotopic (exact) mass is 532 g/mol. The first kappa shape index (κ1) is 24.9. The predicted octanol–water partition coefficient (Wildman–Crippen LogP) is 7.61. The van der Waals surface area contributed by atoms with Gasteiger partial charge >= 0.3 is 0 Å². The number of hydrogen-bond acceptors (Lipinski definition) is 4. The van der Waals surface area contributed by atoms with Crippen molar-refractivity contribution in [1.82, 2.24) is 29.5 Å². The van der Waals surface area contributed by atoms with Crippen molar-refractivity contribution in [3.63, 3.8) is 0 Å². The smallest absolute Gasteiger partial charge is 0.199 e. The summed E-state index contributed by atoms with van der Waals surface area (Å²) in [6, 6.07) is 15.3. The molecule has 0 atom stereocenters. The van der Waals surface area contributed by atoms with Crippen LogP contribution in [0.4, 0.5) is 0 Å². The Balaban J connectivity index is 1.21. The Morgan fingerprint density at radius 3 is 1.47 bits per heavy atom. The molecule has 0 unspecified atom stereocenters. The Labute approximate surface area is 219 Å². The Morgan fingerprint density at radius 1 is 0.647 bits per heavy atom. The van der Waals surface area contributed by atoms with E-state index in [1.54, 1.807) is 0 Å². The van der Waals surface area contributed by atoms with E-state index in [1.807, 2.05) is 57.7 Å². The maximum absolute atomic E-state index is 6.14. The Hall–Kier alpha value is -2.26. The molecule has 2 heterocycles. The first-order valence-corrected chi connectivity index (χ1v) is 12.9. The number of aryl methyl sites for hydroxylation is 2. The number of nitrogens with one attached hydrogen (secondary N) is 2. The Morgan fingerprint density at radius 2 is 1.06 bits per heavy atom. The number of aromatic nitrogens is 6. The van der Waals surface area contributed by atoms with Crippen molar-refractivity contribution < 1.29 is 0 Å². The highest BCUT2D eigenvalue weighted by atomic mass is 35.5. The second-order valence-corrected chi connectivity index (χ2v) is 9.79. The van der Waals surface area contributed by atoms with Crippen LogP contribution in [-0.2, 0) is 12.8 Å². The van der Waals surface area contributed by atoms with Gasteiger partial charge in [0.1, 0.15) is 11.6 Å². The SMILES string of the molecule is S=c1[nH]nc(CCCCCCCCc2n[nH]c(=S)n2-c2cccc(Cl)c2)n1-c1cccc(Cl)c1. The van der Waals surface area contributed by atoms with E-state index in [1.165, 1.54) is 12.8 Å². The highest BCUT2D eigenvalue weighted by Crippen LogP contribution is 2.20. The molecular formula is C24H26Cl2N6S2. The van der Waals surface area contributed by atoms with E-state index in [0.717, 1.165) is 61.5 Å². The molecule has 2 aromatic carbocycles. The van der Waals surface area contributed by atoms with Crippen molar-refractivity contribution in [3.8, 4) is 11.4 Å². The van der Waals surface area contributed by atoms with Crippen LogP contribution in [0.25, 0.3) is 11.4 Å². The molecule has 4 aromatic rings. The van der Waals surface area contributed by atoms with Crippen molar-refractivity contribution in [3.05, 3.63) is 79.8 Å². The summed E-state index contributed by atoms with van der Waals surface area (Å²) in [4.78, 5) is 0. The molecule has 10 heteroatoms. The van der Waals surface area contributed by atoms with Crippen LogP contribution in [-0.4, -0.2) is 29.5 Å². The number of H-pyrrole nitrogens is 2. The molecule has 6 nitrogen and oxygen atoms in total. The fraction of sp³-hybridized carbons (Fsp3) is 0.333. The summed E-state index contributed by atoms with van der Waals surface area (Å²) in [6.45, 7) is 0. The van der Waals surface area contributed by atoms with Crippen LogP contribution in [0.15, 0.2) is 48.5 Å². The van der Waals surface area contributed by atoms with Gasteiger partial charge < -0.3 is 0 Å². The zero-order valence-electron chi connectivity index (χ0n) is 18.6. The molecule has 0 aliphatic rings. The average Bonchev–Trinajstić information content (AvgIpc) is 3.37. The van der Waals surface area contributed by atoms with Gasteiger partial charge in [-0.1, -0.05) is 61.0 Å². The van der Waals surface area contributed by atoms with E-state index in [2.05, 4.69) is 20.4 Å². The van der Waals surface area contributed by atoms with E-state index < -0.39 is 0 Å². The minimum atomic E-state index is 0.591. The van der Waals surface area contributed by atoms with Crippen LogP contribution in [0.1, 0.15) is 50.2 Å². The van der Waals surface area contributed by atoms with Gasteiger partial charge in [0, 0.05) is 22.9 Å². The number of aromatic amines is 2. The largest absolute Gasteiger partial charge is 0.272 e. The van der Waals surface area contributed by atoms with Crippen LogP contribution in [0.3, 0.4) is 0 Å². The predicted molar refractivity (Wildman–Crippen MR) is 143 cm³/mol. The first-order chi connectivity index (χ1) is 16.5. The Bertz CT molecular complexity index is 1250. The summed E-state index contributed by atoms with van der Waals surface area (Å²) in [5.41, 5.74) is 1.88. The average molecular weight is 534 g/mol. The van der Waals surface area contributed by atoms with Gasteiger partial charge in [-0.2, -0.15) is 10.2 Å². The van der Waals surface area contributed by atoms with Gasteiger partial charge in [0.15, 0.2) is 9.54 Å². The second-order valence-electron chi connectivity index (χ2n) is 8.14. The van der Waals surface area contributed by atoms with E-state index in [-0.39, 0.29) is 0 Å². The van der Waals surface area contributed by atoms with Crippen LogP contribution in [0.5, 0.6) is 0 Å². The molecule has 0 aliphatic heterocycles. The first-order valence-electron chi connectivity index (χ1n) is 11.4. The molecule has 0 fully saturated rings. The van der Waals surface area contributed by atoms with E-state index >= 15 is 0 Å². The summed E-state index contributed by atoms with van der Waals surface area (Å²) < 4.78 is 5.11. The summed E-state index contributed by atoms with van der Waals surface area (Å²) >= 11 is 23.1. The molecule has 0 radical (unpaired) electrons. The third-order valence-corrected chi connectivity index (χ3v) is 6.69. The molecule has 4 rings (SSSR count). The van der Waals surface area contributed by atoms with Crippen LogP contribution in [0.2, 0.25) is 10.0 Å². The molecule has 0 bridgehead atoms. The van der Waals surface area contributed by atoms with Crippen molar-refractivity contribution >= 4 is 47.6 Å². The summed E-state index contributed by atoms with van der Waals surface area (Å²) in [7, 11) is 0. The zero-order chi connectivity index (χ0) is 23.9. The number of rotatable bonds is 11. The van der Waals surface area contributed by atoms with Crippen LogP contribution >= 0.6 is 47.6 Å². The normalized spacial score (nSPS) is 11.2. The molecule has 0 spiro atoms. The molecule has 0 saturated carbocycles. The van der Waals surface area contributed by atoms with Crippen LogP contribution < -0.4 is 0 Å². The standard InChI is InChI=1S/C24H26Cl2N6S2/c25-17-9-7-11-19(15-17)31-21(27-29-23(31)33)13-5-3-1-2-4-6-14-22-28-30-24(34)32(22)20-12-8-10-18(26)16-20/h7-12,15-16H,1-6,13-14H2,(H,29,33)(H,30,34). The third kappa shape index (κ3) is 6.24. The molecule has 34 heavy (non-hydrogen) atoms. The van der Waals surface area contributed by atoms with E-state index in [9.17, 15) is 0 Å². The molecule has 0 saturated heterocycles. The van der Waals surface area contributed by atoms with Gasteiger partial charge in [0.2, 0.25) is 0 Å². The number of nitrogens with zero attached hydrogens (tertiary/aromatic N) is 4. The molecule has 2 aromatic heterocycles. The van der Waals surface area contributed by atoms with Crippen LogP contribution in [0, 0.1) is 9.54 Å². The molecular weight excluding hydrogens is 507 g/mol. The molecule has 178 valence electrons. The number of halogens is 2. The van der Waals surface area contributed by atoms with E-state index in [0.29, 0.717) is 19.6 Å². The van der Waals surface area contributed by atoms with Gasteiger partial charge in [-0.25, -0.2) is 0 Å². The minimum Gasteiger partial charge on any atom is -0.272 e. The van der Waals surface area contributed by atoms with Gasteiger partial charge in [-0.15, -0.1) is 0 Å². The lowest BCUT2D eigenvalue weighted by atomic mass is 10.1. The molecule has 2 N–H and O–H groups in total. The zero-order valence-corrected chi connectivity index (χ0v) is 21.8. The number of unbranched alkanes of at least 4 members (excludes halogenated alkanes) is 5. The van der Waals surface area contributed by atoms with Gasteiger partial charge in [-0.3, -0.25) is 19.3 Å². The minimum absolute atomic E-state index is 0.591. The second kappa shape index (κ2) is 11.9. The third-order valence-electron chi connectivity index (χ3n) is 5.67. The quantitative estimate of drug-likeness (QED) is 0.154.